The van der Waals surface area contributed by atoms with E-state index in [0.717, 1.165) is 25.3 Å². The van der Waals surface area contributed by atoms with Gasteiger partial charge in [-0.3, -0.25) is 4.79 Å². The summed E-state index contributed by atoms with van der Waals surface area (Å²) in [7, 11) is 0. The number of nitrogens with zero attached hydrogens (tertiary/aromatic N) is 3. The van der Waals surface area contributed by atoms with Crippen molar-refractivity contribution in [2.45, 2.75) is 13.0 Å². The Balaban J connectivity index is 0.00000161. The van der Waals surface area contributed by atoms with Crippen molar-refractivity contribution < 1.29 is 4.79 Å². The summed E-state index contributed by atoms with van der Waals surface area (Å²) >= 11 is 0. The highest BCUT2D eigenvalue weighted by molar-refractivity contribution is 5.92. The van der Waals surface area contributed by atoms with Crippen LogP contribution in [-0.4, -0.2) is 46.3 Å². The number of aromatic nitrogens is 2. The molecule has 1 aromatic carbocycles. The van der Waals surface area contributed by atoms with Gasteiger partial charge in [-0.05, 0) is 25.1 Å². The minimum atomic E-state index is 0. The molecule has 5 nitrogen and oxygen atoms in total. The van der Waals surface area contributed by atoms with Crippen LogP contribution in [0.25, 0.3) is 5.69 Å². The number of para-hydroxylation sites is 1. The van der Waals surface area contributed by atoms with Gasteiger partial charge in [0.15, 0.2) is 5.69 Å². The molecule has 1 aliphatic heterocycles. The van der Waals surface area contributed by atoms with Gasteiger partial charge >= 0.3 is 0 Å². The maximum absolute atomic E-state index is 12.5. The Morgan fingerprint density at radius 3 is 2.76 bits per heavy atom. The Labute approximate surface area is 130 Å². The van der Waals surface area contributed by atoms with Gasteiger partial charge < -0.3 is 10.2 Å². The van der Waals surface area contributed by atoms with Gasteiger partial charge in [-0.2, -0.15) is 5.10 Å². The molecule has 0 aliphatic carbocycles. The first kappa shape index (κ1) is 15.5. The van der Waals surface area contributed by atoms with Crippen LogP contribution < -0.4 is 5.32 Å². The molecule has 3 rings (SSSR count). The van der Waals surface area contributed by atoms with Crippen molar-refractivity contribution in [3.05, 3.63) is 48.3 Å². The molecular weight excluding hydrogens is 288 g/mol. The van der Waals surface area contributed by atoms with Gasteiger partial charge in [-0.15, -0.1) is 12.4 Å². The van der Waals surface area contributed by atoms with Crippen molar-refractivity contribution in [3.63, 3.8) is 0 Å². The number of carbonyl (C=O) groups is 1. The van der Waals surface area contributed by atoms with Crippen LogP contribution >= 0.6 is 12.4 Å². The van der Waals surface area contributed by atoms with Crippen LogP contribution in [0.2, 0.25) is 0 Å². The molecule has 2 heterocycles. The summed E-state index contributed by atoms with van der Waals surface area (Å²) < 4.78 is 1.74. The third kappa shape index (κ3) is 3.25. The largest absolute Gasteiger partial charge is 0.332 e. The van der Waals surface area contributed by atoms with E-state index in [2.05, 4.69) is 17.3 Å². The fraction of sp³-hybridized carbons (Fsp3) is 0.333. The number of piperazine rings is 1. The highest BCUT2D eigenvalue weighted by Crippen LogP contribution is 2.11. The molecule has 1 atom stereocenters. The van der Waals surface area contributed by atoms with Crippen molar-refractivity contribution in [2.75, 3.05) is 19.6 Å². The molecule has 6 heteroatoms. The van der Waals surface area contributed by atoms with Crippen LogP contribution in [-0.2, 0) is 0 Å². The zero-order valence-electron chi connectivity index (χ0n) is 11.9. The van der Waals surface area contributed by atoms with Gasteiger partial charge in [0.2, 0.25) is 0 Å². The van der Waals surface area contributed by atoms with Crippen LogP contribution in [0.5, 0.6) is 0 Å². The molecule has 0 radical (unpaired) electrons. The molecular formula is C15H19ClN4O. The first-order valence-electron chi connectivity index (χ1n) is 6.88. The smallest absolute Gasteiger partial charge is 0.274 e. The third-order valence-electron chi connectivity index (χ3n) is 3.59. The molecule has 0 unspecified atom stereocenters. The first-order chi connectivity index (χ1) is 9.75. The van der Waals surface area contributed by atoms with E-state index in [1.54, 1.807) is 10.7 Å². The third-order valence-corrected chi connectivity index (χ3v) is 3.59. The van der Waals surface area contributed by atoms with E-state index in [-0.39, 0.29) is 24.4 Å². The fourth-order valence-electron chi connectivity index (χ4n) is 2.45. The topological polar surface area (TPSA) is 50.2 Å². The normalized spacial score (nSPS) is 18.1. The van der Waals surface area contributed by atoms with Crippen molar-refractivity contribution in [3.8, 4) is 5.69 Å². The van der Waals surface area contributed by atoms with Crippen LogP contribution in [0.1, 0.15) is 17.4 Å². The Hall–Kier alpha value is -1.85. The van der Waals surface area contributed by atoms with E-state index in [9.17, 15) is 4.79 Å². The maximum Gasteiger partial charge on any atom is 0.274 e. The summed E-state index contributed by atoms with van der Waals surface area (Å²) in [4.78, 5) is 14.4. The number of halogens is 1. The monoisotopic (exact) mass is 306 g/mol. The Bertz CT molecular complexity index is 599. The summed E-state index contributed by atoms with van der Waals surface area (Å²) in [5.74, 6) is 0.00804. The molecule has 1 aliphatic rings. The quantitative estimate of drug-likeness (QED) is 0.919. The molecule has 2 aromatic rings. The molecule has 1 saturated heterocycles. The number of rotatable bonds is 2. The van der Waals surface area contributed by atoms with Crippen molar-refractivity contribution >= 4 is 18.3 Å². The average Bonchev–Trinajstić information content (AvgIpc) is 2.98. The molecule has 1 amide bonds. The van der Waals surface area contributed by atoms with E-state index in [4.69, 9.17) is 0 Å². The second kappa shape index (κ2) is 6.74. The standard InChI is InChI=1S/C15H18N4O.ClH/c1-12-11-16-8-10-18(12)15(20)14-7-9-19(17-14)13-5-3-2-4-6-13;/h2-7,9,12,16H,8,10-11H2,1H3;1H/t12-;/m1./s1. The minimum absolute atomic E-state index is 0. The predicted molar refractivity (Wildman–Crippen MR) is 84.2 cm³/mol. The lowest BCUT2D eigenvalue weighted by atomic mass is 10.2. The number of nitrogens with one attached hydrogen (secondary N) is 1. The number of hydrogen-bond donors (Lipinski definition) is 1. The minimum Gasteiger partial charge on any atom is -0.332 e. The summed E-state index contributed by atoms with van der Waals surface area (Å²) in [6.45, 7) is 4.47. The molecule has 0 bridgehead atoms. The van der Waals surface area contributed by atoms with Gasteiger partial charge in [-0.1, -0.05) is 18.2 Å². The summed E-state index contributed by atoms with van der Waals surface area (Å²) in [5, 5.41) is 7.68. The Morgan fingerprint density at radius 2 is 2.05 bits per heavy atom. The van der Waals surface area contributed by atoms with E-state index in [0.29, 0.717) is 5.69 Å². The summed E-state index contributed by atoms with van der Waals surface area (Å²) in [6, 6.07) is 11.8. The average molecular weight is 307 g/mol. The van der Waals surface area contributed by atoms with Gasteiger partial charge in [-0.25, -0.2) is 4.68 Å². The zero-order chi connectivity index (χ0) is 13.9. The van der Waals surface area contributed by atoms with Gasteiger partial charge in [0, 0.05) is 31.9 Å². The molecule has 1 aromatic heterocycles. The van der Waals surface area contributed by atoms with Crippen LogP contribution in [0.4, 0.5) is 0 Å². The molecule has 0 spiro atoms. The van der Waals surface area contributed by atoms with E-state index in [1.165, 1.54) is 0 Å². The number of amides is 1. The lowest BCUT2D eigenvalue weighted by Crippen LogP contribution is -2.52. The number of carbonyl (C=O) groups excluding carboxylic acids is 1. The highest BCUT2D eigenvalue weighted by atomic mass is 35.5. The van der Waals surface area contributed by atoms with E-state index < -0.39 is 0 Å². The summed E-state index contributed by atoms with van der Waals surface area (Å²) in [5.41, 5.74) is 1.46. The molecule has 0 saturated carbocycles. The van der Waals surface area contributed by atoms with Crippen molar-refractivity contribution in [2.24, 2.45) is 0 Å². The molecule has 112 valence electrons. The van der Waals surface area contributed by atoms with Crippen LogP contribution in [0.3, 0.4) is 0 Å². The lowest BCUT2D eigenvalue weighted by Gasteiger charge is -2.33. The molecule has 1 N–H and O–H groups in total. The number of hydrogen-bond acceptors (Lipinski definition) is 3. The van der Waals surface area contributed by atoms with Gasteiger partial charge in [0.1, 0.15) is 0 Å². The summed E-state index contributed by atoms with van der Waals surface area (Å²) in [6.07, 6.45) is 1.83. The van der Waals surface area contributed by atoms with Gasteiger partial charge in [0.25, 0.3) is 5.91 Å². The second-order valence-corrected chi connectivity index (χ2v) is 5.03. The SMILES string of the molecule is C[C@@H]1CNCCN1C(=O)c1ccn(-c2ccccc2)n1.Cl. The predicted octanol–water partition coefficient (Wildman–Crippen LogP) is 1.73. The van der Waals surface area contributed by atoms with E-state index >= 15 is 0 Å². The van der Waals surface area contributed by atoms with Crippen molar-refractivity contribution in [1.29, 1.82) is 0 Å². The first-order valence-corrected chi connectivity index (χ1v) is 6.88. The maximum atomic E-state index is 12.5. The fourth-order valence-corrected chi connectivity index (χ4v) is 2.45. The van der Waals surface area contributed by atoms with Crippen molar-refractivity contribution in [1.82, 2.24) is 20.0 Å². The van der Waals surface area contributed by atoms with Crippen LogP contribution in [0, 0.1) is 0 Å². The Kier molecular flexibility index (Phi) is 4.98. The highest BCUT2D eigenvalue weighted by Gasteiger charge is 2.25. The molecule has 21 heavy (non-hydrogen) atoms. The van der Waals surface area contributed by atoms with Crippen LogP contribution in [0.15, 0.2) is 42.6 Å². The molecule has 1 fully saturated rings. The zero-order valence-corrected chi connectivity index (χ0v) is 12.7. The van der Waals surface area contributed by atoms with E-state index in [1.807, 2.05) is 41.4 Å². The second-order valence-electron chi connectivity index (χ2n) is 5.03. The lowest BCUT2D eigenvalue weighted by molar-refractivity contribution is 0.0649. The number of benzene rings is 1. The van der Waals surface area contributed by atoms with Gasteiger partial charge in [0.05, 0.1) is 5.69 Å². The Morgan fingerprint density at radius 1 is 1.29 bits per heavy atom.